The monoisotopic (exact) mass is 292 g/mol. The number of phenols is 1. The zero-order valence-electron chi connectivity index (χ0n) is 11.0. The number of halogens is 3. The predicted octanol–water partition coefficient (Wildman–Crippen LogP) is 4.03. The van der Waals surface area contributed by atoms with Crippen molar-refractivity contribution in [3.05, 3.63) is 53.9 Å². The first-order valence-corrected chi connectivity index (χ1v) is 6.22. The van der Waals surface area contributed by atoms with Gasteiger partial charge in [0.15, 0.2) is 0 Å². The number of hydrogen-bond acceptors (Lipinski definition) is 2. The van der Waals surface area contributed by atoms with Gasteiger partial charge in [-0.25, -0.2) is 4.98 Å². The molecule has 0 aliphatic rings. The summed E-state index contributed by atoms with van der Waals surface area (Å²) in [6, 6.07) is 8.70. The number of pyridine rings is 1. The third-order valence-electron chi connectivity index (χ3n) is 3.25. The predicted molar refractivity (Wildman–Crippen MR) is 72.0 cm³/mol. The number of fused-ring (bicyclic) bond motifs is 1. The van der Waals surface area contributed by atoms with Crippen LogP contribution in [0.15, 0.2) is 42.6 Å². The second-order valence-electron chi connectivity index (χ2n) is 4.71. The highest BCUT2D eigenvalue weighted by Crippen LogP contribution is 2.35. The summed E-state index contributed by atoms with van der Waals surface area (Å²) in [5.41, 5.74) is 0.698. The molecular weight excluding hydrogens is 281 g/mol. The topological polar surface area (TPSA) is 37.5 Å². The van der Waals surface area contributed by atoms with Crippen LogP contribution in [0.2, 0.25) is 0 Å². The van der Waals surface area contributed by atoms with Crippen LogP contribution in [0.5, 0.6) is 5.75 Å². The van der Waals surface area contributed by atoms with E-state index in [4.69, 9.17) is 0 Å². The number of hydrogen-bond donors (Lipinski definition) is 1. The van der Waals surface area contributed by atoms with E-state index in [1.54, 1.807) is 19.1 Å². The maximum absolute atomic E-state index is 13.0. The van der Waals surface area contributed by atoms with Crippen molar-refractivity contribution in [3.8, 4) is 17.0 Å². The Labute approximate surface area is 118 Å². The molecule has 0 amide bonds. The summed E-state index contributed by atoms with van der Waals surface area (Å²) in [6.07, 6.45) is -2.93. The van der Waals surface area contributed by atoms with Crippen LogP contribution in [0.4, 0.5) is 13.2 Å². The summed E-state index contributed by atoms with van der Waals surface area (Å²) < 4.78 is 40.5. The Bertz CT molecular complexity index is 821. The quantitative estimate of drug-likeness (QED) is 0.735. The van der Waals surface area contributed by atoms with E-state index in [0.717, 1.165) is 6.07 Å². The lowest BCUT2D eigenvalue weighted by Crippen LogP contribution is -2.07. The molecule has 0 aliphatic heterocycles. The lowest BCUT2D eigenvalue weighted by Gasteiger charge is -2.09. The molecule has 6 heteroatoms. The van der Waals surface area contributed by atoms with Gasteiger partial charge in [0.25, 0.3) is 0 Å². The number of rotatable bonds is 1. The van der Waals surface area contributed by atoms with Crippen molar-refractivity contribution in [2.24, 2.45) is 0 Å². The van der Waals surface area contributed by atoms with Gasteiger partial charge >= 0.3 is 6.18 Å². The molecule has 0 spiro atoms. The van der Waals surface area contributed by atoms with Crippen LogP contribution >= 0.6 is 0 Å². The van der Waals surface area contributed by atoms with E-state index < -0.39 is 11.7 Å². The van der Waals surface area contributed by atoms with Crippen molar-refractivity contribution in [1.29, 1.82) is 0 Å². The van der Waals surface area contributed by atoms with Gasteiger partial charge in [0.05, 0.1) is 17.0 Å². The molecule has 2 aromatic heterocycles. The maximum Gasteiger partial charge on any atom is 0.419 e. The fourth-order valence-corrected chi connectivity index (χ4v) is 2.40. The van der Waals surface area contributed by atoms with Gasteiger partial charge in [-0.15, -0.1) is 0 Å². The molecule has 3 rings (SSSR count). The third kappa shape index (κ3) is 2.22. The van der Waals surface area contributed by atoms with Crippen LogP contribution in [0.1, 0.15) is 11.3 Å². The average molecular weight is 292 g/mol. The summed E-state index contributed by atoms with van der Waals surface area (Å²) >= 11 is 0. The molecule has 0 saturated carbocycles. The molecule has 0 atom stereocenters. The molecule has 1 N–H and O–H groups in total. The Morgan fingerprint density at radius 1 is 1.14 bits per heavy atom. The van der Waals surface area contributed by atoms with Gasteiger partial charge in [-0.1, -0.05) is 12.1 Å². The molecule has 0 saturated heterocycles. The molecule has 3 aromatic rings. The van der Waals surface area contributed by atoms with Gasteiger partial charge in [0, 0.05) is 11.8 Å². The molecule has 0 aliphatic carbocycles. The number of aryl methyl sites for hydroxylation is 1. The van der Waals surface area contributed by atoms with E-state index in [0.29, 0.717) is 17.0 Å². The Morgan fingerprint density at radius 3 is 2.57 bits per heavy atom. The van der Waals surface area contributed by atoms with Crippen molar-refractivity contribution >= 4 is 5.65 Å². The molecule has 0 unspecified atom stereocenters. The highest BCUT2D eigenvalue weighted by molar-refractivity contribution is 5.69. The number of aromatic nitrogens is 2. The zero-order chi connectivity index (χ0) is 15.2. The van der Waals surface area contributed by atoms with E-state index in [2.05, 4.69) is 4.98 Å². The fraction of sp³-hybridized carbons (Fsp3) is 0.133. The van der Waals surface area contributed by atoms with E-state index >= 15 is 0 Å². The summed E-state index contributed by atoms with van der Waals surface area (Å²) in [5.74, 6) is 0.0498. The molecular formula is C15H11F3N2O. The minimum atomic E-state index is -4.46. The normalized spacial score (nSPS) is 12.0. The number of imidazole rings is 1. The minimum absolute atomic E-state index is 0.0498. The second kappa shape index (κ2) is 4.51. The van der Waals surface area contributed by atoms with Crippen molar-refractivity contribution in [2.75, 3.05) is 0 Å². The summed E-state index contributed by atoms with van der Waals surface area (Å²) in [5, 5.41) is 9.55. The molecule has 108 valence electrons. The van der Waals surface area contributed by atoms with E-state index in [9.17, 15) is 18.3 Å². The first-order chi connectivity index (χ1) is 9.88. The molecule has 0 bridgehead atoms. The van der Waals surface area contributed by atoms with Gasteiger partial charge < -0.3 is 5.11 Å². The second-order valence-corrected chi connectivity index (χ2v) is 4.71. The first-order valence-electron chi connectivity index (χ1n) is 6.22. The van der Waals surface area contributed by atoms with Crippen LogP contribution < -0.4 is 0 Å². The van der Waals surface area contributed by atoms with Gasteiger partial charge in [-0.05, 0) is 31.2 Å². The summed E-state index contributed by atoms with van der Waals surface area (Å²) in [7, 11) is 0. The van der Waals surface area contributed by atoms with Gasteiger partial charge in [0.2, 0.25) is 0 Å². The molecule has 0 radical (unpaired) electrons. The van der Waals surface area contributed by atoms with Crippen molar-refractivity contribution in [3.63, 3.8) is 0 Å². The number of phenolic OH excluding ortho intramolecular Hbond substituents is 1. The molecule has 21 heavy (non-hydrogen) atoms. The third-order valence-corrected chi connectivity index (χ3v) is 3.25. The van der Waals surface area contributed by atoms with Crippen LogP contribution in [-0.4, -0.2) is 14.5 Å². The van der Waals surface area contributed by atoms with E-state index in [-0.39, 0.29) is 11.4 Å². The van der Waals surface area contributed by atoms with Crippen molar-refractivity contribution in [1.82, 2.24) is 9.38 Å². The summed E-state index contributed by atoms with van der Waals surface area (Å²) in [4.78, 5) is 4.05. The Kier molecular flexibility index (Phi) is 2.90. The standard InChI is InChI=1S/C15H11F3N2O/c1-9-13(10-4-2-5-11(21)8-10)20-7-3-6-12(14(20)19-9)15(16,17)18/h2-8,21H,1H3. The minimum Gasteiger partial charge on any atom is -0.508 e. The Hall–Kier alpha value is -2.50. The van der Waals surface area contributed by atoms with Crippen molar-refractivity contribution in [2.45, 2.75) is 13.1 Å². The summed E-state index contributed by atoms with van der Waals surface area (Å²) in [6.45, 7) is 1.65. The van der Waals surface area contributed by atoms with Crippen LogP contribution in [-0.2, 0) is 6.18 Å². The van der Waals surface area contributed by atoms with Gasteiger partial charge in [-0.3, -0.25) is 4.40 Å². The Balaban J connectivity index is 2.33. The molecule has 3 nitrogen and oxygen atoms in total. The number of aromatic hydroxyl groups is 1. The molecule has 1 aromatic carbocycles. The smallest absolute Gasteiger partial charge is 0.419 e. The fourth-order valence-electron chi connectivity index (χ4n) is 2.40. The number of benzene rings is 1. The SMILES string of the molecule is Cc1nc2c(C(F)(F)F)cccn2c1-c1cccc(O)c1. The molecule has 2 heterocycles. The van der Waals surface area contributed by atoms with Crippen LogP contribution in [0.3, 0.4) is 0 Å². The van der Waals surface area contributed by atoms with Crippen molar-refractivity contribution < 1.29 is 18.3 Å². The lowest BCUT2D eigenvalue weighted by molar-refractivity contribution is -0.136. The van der Waals surface area contributed by atoms with Gasteiger partial charge in [-0.2, -0.15) is 13.2 Å². The maximum atomic E-state index is 13.0. The first kappa shape index (κ1) is 13.5. The largest absolute Gasteiger partial charge is 0.508 e. The van der Waals surface area contributed by atoms with Gasteiger partial charge in [0.1, 0.15) is 11.4 Å². The lowest BCUT2D eigenvalue weighted by atomic mass is 10.1. The van der Waals surface area contributed by atoms with E-state index in [1.165, 1.54) is 28.8 Å². The number of alkyl halides is 3. The van der Waals surface area contributed by atoms with Crippen LogP contribution in [0.25, 0.3) is 16.9 Å². The molecule has 0 fully saturated rings. The van der Waals surface area contributed by atoms with Crippen LogP contribution in [0, 0.1) is 6.92 Å². The number of nitrogens with zero attached hydrogens (tertiary/aromatic N) is 2. The highest BCUT2D eigenvalue weighted by Gasteiger charge is 2.34. The van der Waals surface area contributed by atoms with E-state index in [1.807, 2.05) is 0 Å². The highest BCUT2D eigenvalue weighted by atomic mass is 19.4. The Morgan fingerprint density at radius 2 is 1.90 bits per heavy atom. The zero-order valence-corrected chi connectivity index (χ0v) is 11.0. The average Bonchev–Trinajstić information content (AvgIpc) is 2.73.